The molecule has 1 rings (SSSR count). The third-order valence-electron chi connectivity index (χ3n) is 2.19. The van der Waals surface area contributed by atoms with Gasteiger partial charge in [0, 0.05) is 23.8 Å². The van der Waals surface area contributed by atoms with Gasteiger partial charge in [0.15, 0.2) is 0 Å². The first-order chi connectivity index (χ1) is 7.72. The van der Waals surface area contributed by atoms with Gasteiger partial charge in [0.1, 0.15) is 0 Å². The van der Waals surface area contributed by atoms with Gasteiger partial charge in [-0.25, -0.2) is 0 Å². The van der Waals surface area contributed by atoms with E-state index in [4.69, 9.17) is 11.6 Å². The molecule has 0 fully saturated rings. The summed E-state index contributed by atoms with van der Waals surface area (Å²) in [5.41, 5.74) is 0.971. The maximum absolute atomic E-state index is 9.64. The Morgan fingerprint density at radius 3 is 2.56 bits per heavy atom. The van der Waals surface area contributed by atoms with Crippen molar-refractivity contribution < 1.29 is 5.11 Å². The van der Waals surface area contributed by atoms with Crippen molar-refractivity contribution in [2.75, 3.05) is 25.0 Å². The van der Waals surface area contributed by atoms with Crippen molar-refractivity contribution in [2.24, 2.45) is 0 Å². The van der Waals surface area contributed by atoms with E-state index in [-0.39, 0.29) is 6.10 Å². The molecular weight excluding hydrogens is 224 g/mol. The van der Waals surface area contributed by atoms with Crippen molar-refractivity contribution >= 4 is 17.3 Å². The second-order valence-electron chi connectivity index (χ2n) is 3.75. The Hall–Kier alpha value is -0.770. The molecule has 1 atom stereocenters. The number of hydrogen-bond donors (Lipinski definition) is 3. The highest BCUT2D eigenvalue weighted by atomic mass is 35.5. The van der Waals surface area contributed by atoms with E-state index in [0.29, 0.717) is 13.1 Å². The normalized spacial score (nSPS) is 12.4. The van der Waals surface area contributed by atoms with Crippen LogP contribution in [-0.4, -0.2) is 30.8 Å². The first-order valence-corrected chi connectivity index (χ1v) is 5.98. The third-order valence-corrected chi connectivity index (χ3v) is 2.44. The van der Waals surface area contributed by atoms with Crippen LogP contribution in [0.5, 0.6) is 0 Å². The molecule has 0 radical (unpaired) electrons. The SMILES string of the molecule is CCCNC[C@H](O)CNc1ccc(Cl)cc1. The Morgan fingerprint density at radius 2 is 1.94 bits per heavy atom. The summed E-state index contributed by atoms with van der Waals surface area (Å²) in [4.78, 5) is 0. The number of nitrogens with one attached hydrogen (secondary N) is 2. The zero-order valence-corrected chi connectivity index (χ0v) is 10.3. The fourth-order valence-corrected chi connectivity index (χ4v) is 1.45. The average molecular weight is 243 g/mol. The number of hydrogen-bond acceptors (Lipinski definition) is 3. The Kier molecular flexibility index (Phi) is 6.23. The van der Waals surface area contributed by atoms with Crippen molar-refractivity contribution in [3.63, 3.8) is 0 Å². The molecule has 0 unspecified atom stereocenters. The van der Waals surface area contributed by atoms with Crippen molar-refractivity contribution in [2.45, 2.75) is 19.4 Å². The number of aliphatic hydroxyl groups excluding tert-OH is 1. The van der Waals surface area contributed by atoms with Crippen LogP contribution in [0.4, 0.5) is 5.69 Å². The van der Waals surface area contributed by atoms with E-state index < -0.39 is 0 Å². The van der Waals surface area contributed by atoms with Gasteiger partial charge in [-0.2, -0.15) is 0 Å². The molecule has 0 saturated heterocycles. The van der Waals surface area contributed by atoms with E-state index in [1.54, 1.807) is 0 Å². The maximum atomic E-state index is 9.64. The van der Waals surface area contributed by atoms with E-state index in [1.165, 1.54) is 0 Å². The van der Waals surface area contributed by atoms with Gasteiger partial charge in [0.25, 0.3) is 0 Å². The van der Waals surface area contributed by atoms with Gasteiger partial charge in [-0.3, -0.25) is 0 Å². The van der Waals surface area contributed by atoms with E-state index in [2.05, 4.69) is 17.6 Å². The Labute approximate surface area is 102 Å². The summed E-state index contributed by atoms with van der Waals surface area (Å²) in [5, 5.41) is 16.7. The van der Waals surface area contributed by atoms with Gasteiger partial charge in [-0.05, 0) is 37.2 Å². The lowest BCUT2D eigenvalue weighted by Gasteiger charge is -2.13. The second kappa shape index (κ2) is 7.49. The average Bonchev–Trinajstić information content (AvgIpc) is 2.29. The zero-order valence-electron chi connectivity index (χ0n) is 9.54. The van der Waals surface area contributed by atoms with Crippen LogP contribution in [0.15, 0.2) is 24.3 Å². The van der Waals surface area contributed by atoms with E-state index in [0.717, 1.165) is 23.7 Å². The molecule has 90 valence electrons. The topological polar surface area (TPSA) is 44.3 Å². The number of halogens is 1. The second-order valence-corrected chi connectivity index (χ2v) is 4.18. The number of rotatable bonds is 7. The van der Waals surface area contributed by atoms with Crippen LogP contribution in [0.3, 0.4) is 0 Å². The van der Waals surface area contributed by atoms with Crippen LogP contribution < -0.4 is 10.6 Å². The number of benzene rings is 1. The molecule has 0 saturated carbocycles. The molecule has 3 nitrogen and oxygen atoms in total. The van der Waals surface area contributed by atoms with Crippen LogP contribution in [-0.2, 0) is 0 Å². The zero-order chi connectivity index (χ0) is 11.8. The minimum Gasteiger partial charge on any atom is -0.390 e. The smallest absolute Gasteiger partial charge is 0.0836 e. The lowest BCUT2D eigenvalue weighted by molar-refractivity contribution is 0.184. The first kappa shape index (κ1) is 13.3. The highest BCUT2D eigenvalue weighted by Crippen LogP contribution is 2.12. The molecule has 0 aromatic heterocycles. The fourth-order valence-electron chi connectivity index (χ4n) is 1.32. The van der Waals surface area contributed by atoms with Crippen LogP contribution in [0.25, 0.3) is 0 Å². The standard InChI is InChI=1S/C12H19ClN2O/c1-2-7-14-8-12(16)9-15-11-5-3-10(13)4-6-11/h3-6,12,14-16H,2,7-9H2,1H3/t12-/m0/s1. The van der Waals surface area contributed by atoms with Gasteiger partial charge >= 0.3 is 0 Å². The lowest BCUT2D eigenvalue weighted by Crippen LogP contribution is -2.32. The minimum atomic E-state index is -0.373. The summed E-state index contributed by atoms with van der Waals surface area (Å²) < 4.78 is 0. The largest absolute Gasteiger partial charge is 0.390 e. The van der Waals surface area contributed by atoms with Gasteiger partial charge in [0.2, 0.25) is 0 Å². The summed E-state index contributed by atoms with van der Waals surface area (Å²) in [6, 6.07) is 7.44. The molecular formula is C12H19ClN2O. The summed E-state index contributed by atoms with van der Waals surface area (Å²) >= 11 is 5.77. The summed E-state index contributed by atoms with van der Waals surface area (Å²) in [6.45, 7) is 4.20. The van der Waals surface area contributed by atoms with Crippen molar-refractivity contribution in [1.29, 1.82) is 0 Å². The predicted molar refractivity (Wildman–Crippen MR) is 69.1 cm³/mol. The number of aliphatic hydroxyl groups is 1. The van der Waals surface area contributed by atoms with Gasteiger partial charge in [-0.15, -0.1) is 0 Å². The minimum absolute atomic E-state index is 0.373. The molecule has 0 aliphatic heterocycles. The van der Waals surface area contributed by atoms with Crippen molar-refractivity contribution in [3.8, 4) is 0 Å². The molecule has 0 bridgehead atoms. The van der Waals surface area contributed by atoms with Crippen LogP contribution in [0.2, 0.25) is 5.02 Å². The van der Waals surface area contributed by atoms with Gasteiger partial charge in [0.05, 0.1) is 6.10 Å². The monoisotopic (exact) mass is 242 g/mol. The lowest BCUT2D eigenvalue weighted by atomic mass is 10.3. The number of anilines is 1. The van der Waals surface area contributed by atoms with Crippen molar-refractivity contribution in [3.05, 3.63) is 29.3 Å². The summed E-state index contributed by atoms with van der Waals surface area (Å²) in [5.74, 6) is 0. The quantitative estimate of drug-likeness (QED) is 0.642. The Balaban J connectivity index is 2.20. The molecule has 4 heteroatoms. The summed E-state index contributed by atoms with van der Waals surface area (Å²) in [6.07, 6.45) is 0.708. The molecule has 3 N–H and O–H groups in total. The maximum Gasteiger partial charge on any atom is 0.0836 e. The van der Waals surface area contributed by atoms with Crippen LogP contribution in [0.1, 0.15) is 13.3 Å². The molecule has 0 aliphatic carbocycles. The predicted octanol–water partition coefficient (Wildman–Crippen LogP) is 2.11. The van der Waals surface area contributed by atoms with Gasteiger partial charge < -0.3 is 15.7 Å². The van der Waals surface area contributed by atoms with E-state index >= 15 is 0 Å². The third kappa shape index (κ3) is 5.35. The summed E-state index contributed by atoms with van der Waals surface area (Å²) in [7, 11) is 0. The molecule has 0 amide bonds. The Morgan fingerprint density at radius 1 is 1.25 bits per heavy atom. The molecule has 1 aromatic carbocycles. The highest BCUT2D eigenvalue weighted by molar-refractivity contribution is 6.30. The van der Waals surface area contributed by atoms with E-state index in [9.17, 15) is 5.11 Å². The Bertz CT molecular complexity index is 290. The van der Waals surface area contributed by atoms with Crippen LogP contribution >= 0.6 is 11.6 Å². The van der Waals surface area contributed by atoms with Crippen molar-refractivity contribution in [1.82, 2.24) is 5.32 Å². The molecule has 0 spiro atoms. The van der Waals surface area contributed by atoms with Crippen LogP contribution in [0, 0.1) is 0 Å². The molecule has 16 heavy (non-hydrogen) atoms. The molecule has 0 aliphatic rings. The first-order valence-electron chi connectivity index (χ1n) is 5.60. The fraction of sp³-hybridized carbons (Fsp3) is 0.500. The van der Waals surface area contributed by atoms with Gasteiger partial charge in [-0.1, -0.05) is 18.5 Å². The molecule has 1 aromatic rings. The van der Waals surface area contributed by atoms with E-state index in [1.807, 2.05) is 24.3 Å². The molecule has 0 heterocycles. The highest BCUT2D eigenvalue weighted by Gasteiger charge is 2.02.